The molecule has 1 aliphatic carbocycles. The normalized spacial score (nSPS) is 23.2. The van der Waals surface area contributed by atoms with Crippen molar-refractivity contribution < 1.29 is 14.4 Å². The predicted octanol–water partition coefficient (Wildman–Crippen LogP) is 2.24. The standard InChI is InChI=1S/C17H24N4O3S/c1-10(2)9-14-19-20-17(25-14)18-13(22)7-8-21-15(23)11-5-3-4-6-12(11)16(21)24/h10-12H,3-9H2,1-2H3,(H,18,20,22)/t11-,12-/m1/s1. The zero-order valence-electron chi connectivity index (χ0n) is 14.7. The van der Waals surface area contributed by atoms with Gasteiger partial charge < -0.3 is 5.32 Å². The molecule has 0 radical (unpaired) electrons. The number of carbonyl (C=O) groups excluding carboxylic acids is 3. The average molecular weight is 364 g/mol. The fraction of sp³-hybridized carbons (Fsp3) is 0.706. The number of carbonyl (C=O) groups is 3. The Labute approximate surface area is 151 Å². The topological polar surface area (TPSA) is 92.3 Å². The van der Waals surface area contributed by atoms with E-state index in [-0.39, 0.29) is 42.5 Å². The summed E-state index contributed by atoms with van der Waals surface area (Å²) in [5.74, 6) is -0.289. The van der Waals surface area contributed by atoms with E-state index in [1.807, 2.05) is 0 Å². The van der Waals surface area contributed by atoms with Crippen molar-refractivity contribution in [2.75, 3.05) is 11.9 Å². The first-order valence-corrected chi connectivity index (χ1v) is 9.75. The summed E-state index contributed by atoms with van der Waals surface area (Å²) in [4.78, 5) is 38.1. The summed E-state index contributed by atoms with van der Waals surface area (Å²) in [6.07, 6.45) is 4.51. The average Bonchev–Trinajstić information content (AvgIpc) is 3.09. The highest BCUT2D eigenvalue weighted by molar-refractivity contribution is 7.15. The van der Waals surface area contributed by atoms with Crippen LogP contribution in [-0.4, -0.2) is 39.4 Å². The van der Waals surface area contributed by atoms with Crippen molar-refractivity contribution >= 4 is 34.2 Å². The number of anilines is 1. The quantitative estimate of drug-likeness (QED) is 0.782. The Kier molecular flexibility index (Phi) is 5.46. The molecule has 2 atom stereocenters. The molecule has 25 heavy (non-hydrogen) atoms. The van der Waals surface area contributed by atoms with Crippen LogP contribution in [0, 0.1) is 17.8 Å². The van der Waals surface area contributed by atoms with Gasteiger partial charge in [-0.15, -0.1) is 10.2 Å². The van der Waals surface area contributed by atoms with Crippen LogP contribution in [0.3, 0.4) is 0 Å². The lowest BCUT2D eigenvalue weighted by Gasteiger charge is -2.19. The van der Waals surface area contributed by atoms with E-state index in [2.05, 4.69) is 29.4 Å². The molecular weight excluding hydrogens is 340 g/mol. The Bertz CT molecular complexity index is 649. The van der Waals surface area contributed by atoms with Crippen molar-refractivity contribution in [1.82, 2.24) is 15.1 Å². The van der Waals surface area contributed by atoms with Crippen LogP contribution in [0.2, 0.25) is 0 Å². The van der Waals surface area contributed by atoms with Gasteiger partial charge in [0.15, 0.2) is 0 Å². The Morgan fingerprint density at radius 3 is 2.44 bits per heavy atom. The van der Waals surface area contributed by atoms with Crippen molar-refractivity contribution in [2.24, 2.45) is 17.8 Å². The van der Waals surface area contributed by atoms with Crippen molar-refractivity contribution in [1.29, 1.82) is 0 Å². The molecule has 7 nitrogen and oxygen atoms in total. The molecule has 1 aliphatic heterocycles. The molecule has 0 spiro atoms. The SMILES string of the molecule is CC(C)Cc1nnc(NC(=O)CCN2C(=O)[C@@H]3CCCC[C@H]3C2=O)s1. The maximum Gasteiger partial charge on any atom is 0.233 e. The van der Waals surface area contributed by atoms with E-state index in [1.54, 1.807) is 0 Å². The number of likely N-dealkylation sites (tertiary alicyclic amines) is 1. The number of nitrogens with zero attached hydrogens (tertiary/aromatic N) is 3. The van der Waals surface area contributed by atoms with Crippen molar-refractivity contribution in [3.05, 3.63) is 5.01 Å². The zero-order valence-corrected chi connectivity index (χ0v) is 15.5. The van der Waals surface area contributed by atoms with Gasteiger partial charge in [-0.25, -0.2) is 0 Å². The first kappa shape index (κ1) is 18.0. The molecule has 1 N–H and O–H groups in total. The Morgan fingerprint density at radius 2 is 1.84 bits per heavy atom. The maximum atomic E-state index is 12.4. The fourth-order valence-electron chi connectivity index (χ4n) is 3.58. The van der Waals surface area contributed by atoms with E-state index in [9.17, 15) is 14.4 Å². The van der Waals surface area contributed by atoms with E-state index in [1.165, 1.54) is 16.2 Å². The minimum atomic E-state index is -0.247. The minimum Gasteiger partial charge on any atom is -0.300 e. The lowest BCUT2D eigenvalue weighted by molar-refractivity contribution is -0.140. The number of amides is 3. The summed E-state index contributed by atoms with van der Waals surface area (Å²) in [6.45, 7) is 4.34. The summed E-state index contributed by atoms with van der Waals surface area (Å²) in [7, 11) is 0. The van der Waals surface area contributed by atoms with Gasteiger partial charge in [0.05, 0.1) is 11.8 Å². The van der Waals surface area contributed by atoms with E-state index >= 15 is 0 Å². The molecule has 0 bridgehead atoms. The van der Waals surface area contributed by atoms with Gasteiger partial charge in [-0.1, -0.05) is 38.0 Å². The van der Waals surface area contributed by atoms with Gasteiger partial charge in [0, 0.05) is 19.4 Å². The van der Waals surface area contributed by atoms with Crippen molar-refractivity contribution in [3.8, 4) is 0 Å². The Hall–Kier alpha value is -1.83. The van der Waals surface area contributed by atoms with E-state index in [4.69, 9.17) is 0 Å². The summed E-state index contributed by atoms with van der Waals surface area (Å²) < 4.78 is 0. The van der Waals surface area contributed by atoms with E-state index in [0.29, 0.717) is 11.0 Å². The summed E-state index contributed by atoms with van der Waals surface area (Å²) in [5, 5.41) is 12.1. The van der Waals surface area contributed by atoms with Crippen LogP contribution in [0.25, 0.3) is 0 Å². The summed E-state index contributed by atoms with van der Waals surface area (Å²) in [6, 6.07) is 0. The first-order chi connectivity index (χ1) is 12.0. The molecule has 0 unspecified atom stereocenters. The molecule has 1 aromatic heterocycles. The second-order valence-electron chi connectivity index (χ2n) is 7.22. The highest BCUT2D eigenvalue weighted by atomic mass is 32.1. The van der Waals surface area contributed by atoms with Gasteiger partial charge in [0.1, 0.15) is 5.01 Å². The largest absolute Gasteiger partial charge is 0.300 e. The number of hydrogen-bond donors (Lipinski definition) is 1. The number of imide groups is 1. The van der Waals surface area contributed by atoms with Gasteiger partial charge in [0.25, 0.3) is 0 Å². The van der Waals surface area contributed by atoms with Gasteiger partial charge in [0.2, 0.25) is 22.9 Å². The Balaban J connectivity index is 1.51. The molecule has 1 aromatic rings. The van der Waals surface area contributed by atoms with Crippen molar-refractivity contribution in [2.45, 2.75) is 52.4 Å². The minimum absolute atomic E-state index is 0.0933. The molecule has 3 rings (SSSR count). The lowest BCUT2D eigenvalue weighted by Crippen LogP contribution is -2.34. The van der Waals surface area contributed by atoms with Gasteiger partial charge in [-0.2, -0.15) is 0 Å². The molecule has 1 saturated heterocycles. The zero-order chi connectivity index (χ0) is 18.0. The van der Waals surface area contributed by atoms with Crippen LogP contribution < -0.4 is 5.32 Å². The summed E-state index contributed by atoms with van der Waals surface area (Å²) in [5.41, 5.74) is 0. The van der Waals surface area contributed by atoms with Crippen LogP contribution >= 0.6 is 11.3 Å². The second-order valence-corrected chi connectivity index (χ2v) is 8.28. The molecule has 2 aliphatic rings. The van der Waals surface area contributed by atoms with Crippen LogP contribution in [0.5, 0.6) is 0 Å². The van der Waals surface area contributed by atoms with E-state index in [0.717, 1.165) is 37.1 Å². The second kappa shape index (κ2) is 7.59. The number of hydrogen-bond acceptors (Lipinski definition) is 6. The molecular formula is C17H24N4O3S. The third-order valence-corrected chi connectivity index (χ3v) is 5.65. The van der Waals surface area contributed by atoms with Crippen molar-refractivity contribution in [3.63, 3.8) is 0 Å². The monoisotopic (exact) mass is 364 g/mol. The fourth-order valence-corrected chi connectivity index (χ4v) is 4.55. The lowest BCUT2D eigenvalue weighted by atomic mass is 9.81. The van der Waals surface area contributed by atoms with Gasteiger partial charge in [-0.3, -0.25) is 19.3 Å². The number of rotatable bonds is 6. The molecule has 136 valence electrons. The molecule has 8 heteroatoms. The predicted molar refractivity (Wildman–Crippen MR) is 93.9 cm³/mol. The summed E-state index contributed by atoms with van der Waals surface area (Å²) >= 11 is 1.36. The molecule has 2 fully saturated rings. The number of nitrogens with one attached hydrogen (secondary N) is 1. The molecule has 0 aromatic carbocycles. The number of fused-ring (bicyclic) bond motifs is 1. The van der Waals surface area contributed by atoms with Gasteiger partial charge in [-0.05, 0) is 18.8 Å². The van der Waals surface area contributed by atoms with Crippen LogP contribution in [0.1, 0.15) is 51.0 Å². The Morgan fingerprint density at radius 1 is 1.20 bits per heavy atom. The third kappa shape index (κ3) is 4.05. The van der Waals surface area contributed by atoms with E-state index < -0.39 is 0 Å². The van der Waals surface area contributed by atoms with Crippen LogP contribution in [0.15, 0.2) is 0 Å². The third-order valence-electron chi connectivity index (χ3n) is 4.79. The van der Waals surface area contributed by atoms with Crippen LogP contribution in [0.4, 0.5) is 5.13 Å². The highest BCUT2D eigenvalue weighted by Crippen LogP contribution is 2.37. The molecule has 2 heterocycles. The number of aromatic nitrogens is 2. The highest BCUT2D eigenvalue weighted by Gasteiger charge is 2.47. The first-order valence-electron chi connectivity index (χ1n) is 8.93. The van der Waals surface area contributed by atoms with Gasteiger partial charge >= 0.3 is 0 Å². The smallest absolute Gasteiger partial charge is 0.233 e. The molecule has 3 amide bonds. The maximum absolute atomic E-state index is 12.4. The van der Waals surface area contributed by atoms with Crippen LogP contribution in [-0.2, 0) is 20.8 Å². The molecule has 1 saturated carbocycles.